The minimum Gasteiger partial charge on any atom is -0.309 e. The van der Waals surface area contributed by atoms with Crippen LogP contribution in [0, 0.1) is 0 Å². The number of pyridine rings is 9. The molecule has 0 radical (unpaired) electrons. The first-order valence-electron chi connectivity index (χ1n) is 41.7. The van der Waals surface area contributed by atoms with E-state index in [-0.39, 0.29) is 0 Å². The fourth-order valence-electron chi connectivity index (χ4n) is 21.7. The van der Waals surface area contributed by atoms with Crippen LogP contribution in [0.4, 0.5) is 0 Å². The molecule has 0 atom stereocenters. The lowest BCUT2D eigenvalue weighted by Gasteiger charge is -2.13. The Morgan fingerprint density at radius 1 is 0.211 bits per heavy atom. The molecule has 12 aromatic carbocycles. The first-order valence-corrected chi connectivity index (χ1v) is 41.7. The number of nitrogens with zero attached hydrogens (tertiary/aromatic N) is 15. The van der Waals surface area contributed by atoms with Crippen LogP contribution in [0.25, 0.3) is 231 Å². The summed E-state index contributed by atoms with van der Waals surface area (Å²) in [6, 6.07) is 98.4. The zero-order valence-electron chi connectivity index (χ0n) is 65.7. The van der Waals surface area contributed by atoms with Gasteiger partial charge in [-0.25, -0.2) is 15.0 Å². The zero-order valence-corrected chi connectivity index (χ0v) is 65.7. The second-order valence-corrected chi connectivity index (χ2v) is 32.7. The highest BCUT2D eigenvalue weighted by atomic mass is 15.1. The first kappa shape index (κ1) is 66.4. The Balaban J connectivity index is 0.0000000946. The highest BCUT2D eigenvalue weighted by molar-refractivity contribution is 6.24. The molecular weight excluding hydrogens is 1510 g/mol. The van der Waals surface area contributed by atoms with Crippen molar-refractivity contribution in [3.05, 3.63) is 381 Å². The molecule has 0 amide bonds. The Morgan fingerprint density at radius 3 is 1.12 bits per heavy atom. The van der Waals surface area contributed by atoms with Gasteiger partial charge in [0.05, 0.1) is 101 Å². The normalized spacial score (nSPS) is 12.8. The van der Waals surface area contributed by atoms with E-state index < -0.39 is 0 Å². The van der Waals surface area contributed by atoms with E-state index in [4.69, 9.17) is 15.0 Å². The van der Waals surface area contributed by atoms with Crippen LogP contribution in [0.2, 0.25) is 0 Å². The molecule has 15 nitrogen and oxygen atoms in total. The van der Waals surface area contributed by atoms with E-state index in [2.05, 4.69) is 312 Å². The van der Waals surface area contributed by atoms with Crippen LogP contribution >= 0.6 is 0 Å². The lowest BCUT2D eigenvalue weighted by Crippen LogP contribution is -1.96. The smallest absolute Gasteiger partial charge is 0.146 e. The highest BCUT2D eigenvalue weighted by Gasteiger charge is 2.33. The van der Waals surface area contributed by atoms with Gasteiger partial charge in [-0.05, 0) is 199 Å². The topological polar surface area (TPSA) is 144 Å². The maximum Gasteiger partial charge on any atom is 0.146 e. The molecule has 0 aliphatic heterocycles. The number of fused-ring (bicyclic) bond motifs is 47. The molecule has 0 fully saturated rings. The van der Waals surface area contributed by atoms with Crippen LogP contribution in [-0.4, -0.2) is 71.8 Å². The van der Waals surface area contributed by atoms with Gasteiger partial charge >= 0.3 is 0 Å². The molecule has 3 aliphatic rings. The van der Waals surface area contributed by atoms with Gasteiger partial charge in [0, 0.05) is 149 Å². The van der Waals surface area contributed by atoms with E-state index in [1.54, 1.807) is 0 Å². The largest absolute Gasteiger partial charge is 0.309 e. The molecule has 0 bridgehead atoms. The Hall–Kier alpha value is -16.7. The van der Waals surface area contributed by atoms with Crippen molar-refractivity contribution in [1.82, 2.24) is 71.8 Å². The van der Waals surface area contributed by atoms with E-state index in [1.165, 1.54) is 182 Å². The van der Waals surface area contributed by atoms with Crippen LogP contribution in [0.1, 0.15) is 33.4 Å². The highest BCUT2D eigenvalue weighted by Crippen LogP contribution is 2.53. The maximum absolute atomic E-state index is 5.19. The predicted octanol–water partition coefficient (Wildman–Crippen LogP) is 24.8. The average molecular weight is 1570 g/mol. The Bertz CT molecular complexity index is 9380. The molecular formula is C108H63N15. The molecule has 15 aromatic heterocycles. The molecule has 570 valence electrons. The molecule has 15 heterocycles. The molecule has 0 saturated carbocycles. The minimum atomic E-state index is 0.852. The SMILES string of the molecule is c1ccc(-n2c3ccccc3c3c4c(ccc32)-c2ccc3c5cnccc5n5c6cnccc6nc5c3c2C4)cc1.c1ccc(-n2c3ccccc3c3cc4c(cc32)-c2ccc3c5cnccc5n5c6cnccc6nc5c3c2C4)cc1.c1ccc(-n2c3ccccc3c3ccc4c(c32)-c2ccc3c5cnccc5n5c6cnccc6nc5c3c2C4)cc1. The average Bonchev–Trinajstić information content (AvgIpc) is 1.55. The van der Waals surface area contributed by atoms with Crippen LogP contribution < -0.4 is 0 Å². The molecule has 123 heavy (non-hydrogen) atoms. The van der Waals surface area contributed by atoms with Crippen molar-refractivity contribution in [3.63, 3.8) is 0 Å². The number of para-hydroxylation sites is 6. The minimum absolute atomic E-state index is 0.852. The van der Waals surface area contributed by atoms with E-state index >= 15 is 0 Å². The zero-order chi connectivity index (χ0) is 80.0. The lowest BCUT2D eigenvalue weighted by atomic mass is 9.97. The fraction of sp³-hybridized carbons (Fsp3) is 0.0278. The van der Waals surface area contributed by atoms with Crippen molar-refractivity contribution in [2.75, 3.05) is 0 Å². The summed E-state index contributed by atoms with van der Waals surface area (Å²) in [4.78, 5) is 42.4. The third-order valence-corrected chi connectivity index (χ3v) is 26.7. The van der Waals surface area contributed by atoms with Crippen molar-refractivity contribution < 1.29 is 0 Å². The molecule has 0 saturated heterocycles. The standard InChI is InChI=1S/3C36H21N5/c1-2-6-22(7-3-1)40-31-9-5-4-8-24(31)27-16-21-17-28-23(26(21)18-33(27)40)10-11-25-29-19-37-15-13-32(29)41-34-20-38-14-12-30(34)39-36(41)35(25)28;1-2-6-22(7-3-1)40-30-9-5-4-8-23(30)26-11-10-21-18-27-24(33(21)35(26)40)12-13-25-28-19-37-17-15-31(28)41-32-20-38-16-14-29(32)39-36(41)34(25)27;1-2-6-21(7-3-1)40-30-9-5-4-8-25(30)34-26-18-27-22(23(26)12-13-32(34)40)10-11-24-28-19-37-17-15-31(28)41-33-20-38-16-14-29(33)39-36(41)35(24)27/h1-16,18-20H,17H2;2*1-17,19-20H,18H2. The van der Waals surface area contributed by atoms with E-state index in [1.807, 2.05) is 92.6 Å². The summed E-state index contributed by atoms with van der Waals surface area (Å²) in [5, 5.41) is 18.3. The van der Waals surface area contributed by atoms with Gasteiger partial charge < -0.3 is 13.7 Å². The first-order chi connectivity index (χ1) is 61.1. The van der Waals surface area contributed by atoms with Crippen LogP contribution in [-0.2, 0) is 19.3 Å². The van der Waals surface area contributed by atoms with Crippen molar-refractivity contribution in [3.8, 4) is 50.4 Å². The third-order valence-electron chi connectivity index (χ3n) is 26.7. The summed E-state index contributed by atoms with van der Waals surface area (Å²) >= 11 is 0. The van der Waals surface area contributed by atoms with Gasteiger partial charge in [0.2, 0.25) is 0 Å². The number of hydrogen-bond acceptors (Lipinski definition) is 9. The predicted molar refractivity (Wildman–Crippen MR) is 498 cm³/mol. The number of benzene rings is 12. The second kappa shape index (κ2) is 25.0. The van der Waals surface area contributed by atoms with E-state index in [9.17, 15) is 0 Å². The van der Waals surface area contributed by atoms with Crippen molar-refractivity contribution in [2.24, 2.45) is 0 Å². The van der Waals surface area contributed by atoms with Crippen molar-refractivity contribution in [2.45, 2.75) is 19.3 Å². The summed E-state index contributed by atoms with van der Waals surface area (Å²) in [5.74, 6) is 0. The number of rotatable bonds is 3. The van der Waals surface area contributed by atoms with Crippen LogP contribution in [0.5, 0.6) is 0 Å². The summed E-state index contributed by atoms with van der Waals surface area (Å²) in [6.45, 7) is 0. The Kier molecular flexibility index (Phi) is 13.5. The third kappa shape index (κ3) is 9.12. The van der Waals surface area contributed by atoms with Gasteiger partial charge in [-0.1, -0.05) is 164 Å². The Labute approximate surface area is 698 Å². The molecule has 3 aliphatic carbocycles. The van der Waals surface area contributed by atoms with Gasteiger partial charge in [-0.3, -0.25) is 43.1 Å². The van der Waals surface area contributed by atoms with Gasteiger partial charge in [-0.2, -0.15) is 0 Å². The number of imidazole rings is 3. The summed E-state index contributed by atoms with van der Waals surface area (Å²) in [5.41, 5.74) is 39.0. The van der Waals surface area contributed by atoms with Gasteiger partial charge in [0.25, 0.3) is 0 Å². The molecule has 15 heteroatoms. The number of hydrogen-bond donors (Lipinski definition) is 0. The fourth-order valence-corrected chi connectivity index (χ4v) is 21.7. The Morgan fingerprint density at radius 2 is 0.593 bits per heavy atom. The summed E-state index contributed by atoms with van der Waals surface area (Å²) in [7, 11) is 0. The van der Waals surface area contributed by atoms with E-state index in [0.717, 1.165) is 102 Å². The summed E-state index contributed by atoms with van der Waals surface area (Å²) < 4.78 is 14.0. The molecule has 0 spiro atoms. The van der Waals surface area contributed by atoms with E-state index in [0.29, 0.717) is 0 Å². The molecule has 0 unspecified atom stereocenters. The van der Waals surface area contributed by atoms with Gasteiger partial charge in [0.1, 0.15) is 16.9 Å². The van der Waals surface area contributed by atoms with Crippen LogP contribution in [0.15, 0.2) is 347 Å². The van der Waals surface area contributed by atoms with Crippen molar-refractivity contribution >= 4 is 180 Å². The number of aromatic nitrogens is 15. The quantitative estimate of drug-likeness (QED) is 0.158. The van der Waals surface area contributed by atoms with Crippen molar-refractivity contribution in [1.29, 1.82) is 0 Å². The molecule has 30 rings (SSSR count). The lowest BCUT2D eigenvalue weighted by molar-refractivity contribution is 1.18. The van der Waals surface area contributed by atoms with Gasteiger partial charge in [0.15, 0.2) is 0 Å². The molecule has 0 N–H and O–H groups in total. The van der Waals surface area contributed by atoms with Crippen LogP contribution in [0.3, 0.4) is 0 Å². The monoisotopic (exact) mass is 1570 g/mol. The van der Waals surface area contributed by atoms with Gasteiger partial charge in [-0.15, -0.1) is 0 Å². The maximum atomic E-state index is 5.19. The summed E-state index contributed by atoms with van der Waals surface area (Å²) in [6.07, 6.45) is 25.3. The second-order valence-electron chi connectivity index (χ2n) is 32.7. The molecule has 27 aromatic rings.